The van der Waals surface area contributed by atoms with Crippen LogP contribution in [0.1, 0.15) is 21.6 Å². The molecule has 1 amide bonds. The molecule has 0 atom stereocenters. The number of amides is 1. The van der Waals surface area contributed by atoms with Gasteiger partial charge in [-0.2, -0.15) is 18.3 Å². The fourth-order valence-corrected chi connectivity index (χ4v) is 4.28. The molecule has 0 spiro atoms. The third-order valence-corrected chi connectivity index (χ3v) is 5.82. The smallest absolute Gasteiger partial charge is 0.332 e. The van der Waals surface area contributed by atoms with Crippen LogP contribution in [-0.4, -0.2) is 41.3 Å². The highest BCUT2D eigenvalue weighted by atomic mass is 32.2. The van der Waals surface area contributed by atoms with Crippen LogP contribution in [0.3, 0.4) is 0 Å². The van der Waals surface area contributed by atoms with Crippen molar-refractivity contribution in [1.82, 2.24) is 14.7 Å². The van der Waals surface area contributed by atoms with E-state index in [0.29, 0.717) is 11.8 Å². The molecule has 1 aromatic carbocycles. The number of hydrogen-bond acceptors (Lipinski definition) is 4. The van der Waals surface area contributed by atoms with Gasteiger partial charge in [-0.1, -0.05) is 18.2 Å². The molecule has 1 aliphatic rings. The summed E-state index contributed by atoms with van der Waals surface area (Å²) in [6.07, 6.45) is -4.13. The van der Waals surface area contributed by atoms with E-state index in [9.17, 15) is 26.4 Å². The fraction of sp³-hybridized carbons (Fsp3) is 0.333. The average molecular weight is 373 g/mol. The number of halogens is 3. The van der Waals surface area contributed by atoms with Crippen molar-refractivity contribution < 1.29 is 26.4 Å². The van der Waals surface area contributed by atoms with Crippen molar-refractivity contribution in [2.45, 2.75) is 17.6 Å². The Morgan fingerprint density at radius 3 is 2.60 bits per heavy atom. The lowest BCUT2D eigenvalue weighted by Gasteiger charge is -2.21. The first-order valence-corrected chi connectivity index (χ1v) is 8.95. The molecular formula is C15H14F3N3O3S. The summed E-state index contributed by atoms with van der Waals surface area (Å²) >= 11 is 0. The molecule has 2 heterocycles. The Morgan fingerprint density at radius 1 is 1.24 bits per heavy atom. The summed E-state index contributed by atoms with van der Waals surface area (Å²) in [7, 11) is -2.36. The SMILES string of the molecule is Cn1ncc(C(F)(F)F)c1C(=O)N1CCS(=O)(=O)c2ccccc2C1. The van der Waals surface area contributed by atoms with Gasteiger partial charge < -0.3 is 4.90 Å². The minimum Gasteiger partial charge on any atom is -0.332 e. The second kappa shape index (κ2) is 5.87. The van der Waals surface area contributed by atoms with E-state index in [-0.39, 0.29) is 23.7 Å². The summed E-state index contributed by atoms with van der Waals surface area (Å²) in [4.78, 5) is 13.9. The van der Waals surface area contributed by atoms with Gasteiger partial charge in [-0.25, -0.2) is 8.42 Å². The highest BCUT2D eigenvalue weighted by Gasteiger charge is 2.40. The van der Waals surface area contributed by atoms with Crippen molar-refractivity contribution in [3.63, 3.8) is 0 Å². The number of carbonyl (C=O) groups is 1. The highest BCUT2D eigenvalue weighted by Crippen LogP contribution is 2.33. The number of hydrogen-bond donors (Lipinski definition) is 0. The van der Waals surface area contributed by atoms with Gasteiger partial charge in [0.25, 0.3) is 5.91 Å². The number of rotatable bonds is 1. The second-order valence-corrected chi connectivity index (χ2v) is 7.76. The molecule has 0 radical (unpaired) electrons. The van der Waals surface area contributed by atoms with Crippen LogP contribution in [0.15, 0.2) is 35.4 Å². The summed E-state index contributed by atoms with van der Waals surface area (Å²) in [6, 6.07) is 6.17. The summed E-state index contributed by atoms with van der Waals surface area (Å²) in [5, 5.41) is 3.53. The molecule has 2 aromatic rings. The van der Waals surface area contributed by atoms with Crippen molar-refractivity contribution in [1.29, 1.82) is 0 Å². The third-order valence-electron chi connectivity index (χ3n) is 4.03. The molecule has 3 rings (SSSR count). The molecule has 0 saturated carbocycles. The van der Waals surface area contributed by atoms with Gasteiger partial charge in [0.1, 0.15) is 11.3 Å². The minimum absolute atomic E-state index is 0.0866. The lowest BCUT2D eigenvalue weighted by molar-refractivity contribution is -0.138. The van der Waals surface area contributed by atoms with Crippen molar-refractivity contribution >= 4 is 15.7 Å². The maximum atomic E-state index is 13.1. The van der Waals surface area contributed by atoms with Gasteiger partial charge in [0, 0.05) is 20.1 Å². The second-order valence-electron chi connectivity index (χ2n) is 5.68. The van der Waals surface area contributed by atoms with Crippen LogP contribution in [0.25, 0.3) is 0 Å². The number of aryl methyl sites for hydroxylation is 1. The van der Waals surface area contributed by atoms with Gasteiger partial charge >= 0.3 is 6.18 Å². The van der Waals surface area contributed by atoms with E-state index in [4.69, 9.17) is 0 Å². The molecule has 6 nitrogen and oxygen atoms in total. The summed E-state index contributed by atoms with van der Waals surface area (Å²) in [5.41, 5.74) is -1.37. The number of nitrogens with zero attached hydrogens (tertiary/aromatic N) is 3. The zero-order valence-corrected chi connectivity index (χ0v) is 13.9. The zero-order chi connectivity index (χ0) is 18.4. The van der Waals surface area contributed by atoms with Crippen LogP contribution >= 0.6 is 0 Å². The van der Waals surface area contributed by atoms with Gasteiger partial charge in [-0.05, 0) is 11.6 Å². The number of alkyl halides is 3. The Labute approximate surface area is 141 Å². The van der Waals surface area contributed by atoms with E-state index in [2.05, 4.69) is 5.10 Å². The van der Waals surface area contributed by atoms with E-state index in [1.807, 2.05) is 0 Å². The topological polar surface area (TPSA) is 72.3 Å². The summed E-state index contributed by atoms with van der Waals surface area (Å²) in [6.45, 7) is -0.283. The largest absolute Gasteiger partial charge is 0.420 e. The van der Waals surface area contributed by atoms with Crippen molar-refractivity contribution in [2.24, 2.45) is 7.05 Å². The number of sulfone groups is 1. The van der Waals surface area contributed by atoms with E-state index < -0.39 is 33.2 Å². The normalized spacial score (nSPS) is 17.0. The number of benzene rings is 1. The lowest BCUT2D eigenvalue weighted by Crippen LogP contribution is -2.35. The first kappa shape index (κ1) is 17.5. The Kier molecular flexibility index (Phi) is 4.10. The van der Waals surface area contributed by atoms with Crippen LogP contribution in [0.5, 0.6) is 0 Å². The standard InChI is InChI=1S/C15H14F3N3O3S/c1-20-13(11(8-19-20)15(16,17)18)14(22)21-6-7-25(23,24)12-5-3-2-4-10(12)9-21/h2-5,8H,6-7,9H2,1H3. The predicted molar refractivity (Wildman–Crippen MR) is 81.4 cm³/mol. The third kappa shape index (κ3) is 3.13. The van der Waals surface area contributed by atoms with Crippen molar-refractivity contribution in [3.05, 3.63) is 47.3 Å². The van der Waals surface area contributed by atoms with E-state index in [1.54, 1.807) is 18.2 Å². The maximum absolute atomic E-state index is 13.1. The minimum atomic E-state index is -4.73. The molecule has 0 saturated heterocycles. The van der Waals surface area contributed by atoms with E-state index in [0.717, 1.165) is 9.58 Å². The molecule has 10 heteroatoms. The van der Waals surface area contributed by atoms with Crippen LogP contribution < -0.4 is 0 Å². The predicted octanol–water partition coefficient (Wildman–Crippen LogP) is 1.87. The van der Waals surface area contributed by atoms with Gasteiger partial charge in [-0.15, -0.1) is 0 Å². The van der Waals surface area contributed by atoms with Crippen LogP contribution in [0.4, 0.5) is 13.2 Å². The molecule has 134 valence electrons. The fourth-order valence-electron chi connectivity index (χ4n) is 2.78. The Morgan fingerprint density at radius 2 is 1.92 bits per heavy atom. The monoisotopic (exact) mass is 373 g/mol. The average Bonchev–Trinajstić information content (AvgIpc) is 2.86. The molecule has 0 unspecified atom stereocenters. The quantitative estimate of drug-likeness (QED) is 0.765. The van der Waals surface area contributed by atoms with E-state index in [1.165, 1.54) is 13.1 Å². The molecule has 0 aliphatic carbocycles. The molecule has 1 aromatic heterocycles. The Balaban J connectivity index is 2.02. The molecule has 1 aliphatic heterocycles. The van der Waals surface area contributed by atoms with Crippen LogP contribution in [0.2, 0.25) is 0 Å². The number of aromatic nitrogens is 2. The summed E-state index contributed by atoms with van der Waals surface area (Å²) < 4.78 is 64.8. The Hall–Kier alpha value is -2.36. The van der Waals surface area contributed by atoms with E-state index >= 15 is 0 Å². The zero-order valence-electron chi connectivity index (χ0n) is 13.1. The van der Waals surface area contributed by atoms with Crippen molar-refractivity contribution in [2.75, 3.05) is 12.3 Å². The highest BCUT2D eigenvalue weighted by molar-refractivity contribution is 7.91. The van der Waals surface area contributed by atoms with Gasteiger partial charge in [0.05, 0.1) is 16.8 Å². The lowest BCUT2D eigenvalue weighted by atomic mass is 10.1. The molecule has 0 N–H and O–H groups in total. The number of fused-ring (bicyclic) bond motifs is 1. The van der Waals surface area contributed by atoms with Crippen LogP contribution in [0, 0.1) is 0 Å². The van der Waals surface area contributed by atoms with Gasteiger partial charge in [-0.3, -0.25) is 9.48 Å². The first-order chi connectivity index (χ1) is 11.6. The van der Waals surface area contributed by atoms with Crippen LogP contribution in [-0.2, 0) is 29.6 Å². The van der Waals surface area contributed by atoms with Gasteiger partial charge in [0.2, 0.25) is 0 Å². The summed E-state index contributed by atoms with van der Waals surface area (Å²) in [5.74, 6) is -1.26. The van der Waals surface area contributed by atoms with Gasteiger partial charge in [0.15, 0.2) is 9.84 Å². The van der Waals surface area contributed by atoms with Crippen molar-refractivity contribution in [3.8, 4) is 0 Å². The molecule has 25 heavy (non-hydrogen) atoms. The Bertz CT molecular complexity index is 935. The maximum Gasteiger partial charge on any atom is 0.420 e. The number of carbonyl (C=O) groups excluding carboxylic acids is 1. The molecule has 0 bridgehead atoms. The first-order valence-electron chi connectivity index (χ1n) is 7.30. The molecular weight excluding hydrogens is 359 g/mol. The molecule has 0 fully saturated rings.